The Hall–Kier alpha value is -2.15. The fourth-order valence-electron chi connectivity index (χ4n) is 1.77. The molecule has 6 nitrogen and oxygen atoms in total. The van der Waals surface area contributed by atoms with Gasteiger partial charge in [-0.05, 0) is 37.1 Å². The second-order valence-electron chi connectivity index (χ2n) is 5.18. The Morgan fingerprint density at radius 1 is 1.33 bits per heavy atom. The molecular weight excluding hydrogens is 376 g/mol. The lowest BCUT2D eigenvalue weighted by Crippen LogP contribution is -2.37. The first-order chi connectivity index (χ1) is 11.3. The Morgan fingerprint density at radius 3 is 2.67 bits per heavy atom. The molecule has 0 aromatic heterocycles. The molecule has 1 aromatic carbocycles. The molecule has 0 unspecified atom stereocenters. The number of allylic oxidation sites excluding steroid dienone is 1. The Kier molecular flexibility index (Phi) is 8.18. The Balaban J connectivity index is 2.46. The molecule has 0 aliphatic heterocycles. The van der Waals surface area contributed by atoms with Crippen LogP contribution < -0.4 is 5.32 Å². The average Bonchev–Trinajstić information content (AvgIpc) is 2.53. The molecule has 130 valence electrons. The number of nitrogens with one attached hydrogen (secondary N) is 1. The summed E-state index contributed by atoms with van der Waals surface area (Å²) < 4.78 is 5.73. The molecule has 1 aromatic rings. The number of nitrogens with zero attached hydrogens (tertiary/aromatic N) is 1. The molecule has 0 saturated carbocycles. The van der Waals surface area contributed by atoms with Crippen molar-refractivity contribution in [1.82, 2.24) is 4.90 Å². The van der Waals surface area contributed by atoms with E-state index in [-0.39, 0.29) is 12.5 Å². The summed E-state index contributed by atoms with van der Waals surface area (Å²) in [6.45, 7) is 3.23. The van der Waals surface area contributed by atoms with Crippen molar-refractivity contribution in [3.8, 4) is 0 Å². The van der Waals surface area contributed by atoms with Gasteiger partial charge in [0.2, 0.25) is 5.91 Å². The SMILES string of the molecule is CC/C=C/C(=O)OCC(=O)N(C)CC(=O)Nc1ccc(Br)cc1C. The van der Waals surface area contributed by atoms with Gasteiger partial charge in [-0.2, -0.15) is 0 Å². The van der Waals surface area contributed by atoms with Gasteiger partial charge in [0.1, 0.15) is 0 Å². The zero-order chi connectivity index (χ0) is 18.1. The minimum absolute atomic E-state index is 0.128. The van der Waals surface area contributed by atoms with Crippen molar-refractivity contribution >= 4 is 39.4 Å². The number of halogens is 1. The van der Waals surface area contributed by atoms with Crippen molar-refractivity contribution in [1.29, 1.82) is 0 Å². The highest BCUT2D eigenvalue weighted by molar-refractivity contribution is 9.10. The van der Waals surface area contributed by atoms with Crippen molar-refractivity contribution in [2.75, 3.05) is 25.5 Å². The van der Waals surface area contributed by atoms with Crippen LogP contribution in [0.2, 0.25) is 0 Å². The molecule has 0 aliphatic rings. The number of rotatable bonds is 7. The topological polar surface area (TPSA) is 75.7 Å². The van der Waals surface area contributed by atoms with Gasteiger partial charge in [-0.25, -0.2) is 4.79 Å². The maximum Gasteiger partial charge on any atom is 0.330 e. The second kappa shape index (κ2) is 9.87. The molecule has 24 heavy (non-hydrogen) atoms. The van der Waals surface area contributed by atoms with Gasteiger partial charge >= 0.3 is 5.97 Å². The fourth-order valence-corrected chi connectivity index (χ4v) is 2.24. The van der Waals surface area contributed by atoms with Gasteiger partial charge in [-0.3, -0.25) is 9.59 Å². The molecule has 0 spiro atoms. The van der Waals surface area contributed by atoms with E-state index in [1.165, 1.54) is 18.0 Å². The average molecular weight is 397 g/mol. The normalized spacial score (nSPS) is 10.5. The summed E-state index contributed by atoms with van der Waals surface area (Å²) in [5.41, 5.74) is 1.59. The summed E-state index contributed by atoms with van der Waals surface area (Å²) in [5, 5.41) is 2.74. The Bertz CT molecular complexity index is 643. The smallest absolute Gasteiger partial charge is 0.330 e. The molecule has 0 bridgehead atoms. The third-order valence-corrected chi connectivity index (χ3v) is 3.59. The molecule has 0 fully saturated rings. The Labute approximate surface area is 150 Å². The lowest BCUT2D eigenvalue weighted by Gasteiger charge is -2.17. The number of likely N-dealkylation sites (N-methyl/N-ethyl adjacent to an activating group) is 1. The van der Waals surface area contributed by atoms with Gasteiger partial charge in [0, 0.05) is 23.3 Å². The molecule has 0 aliphatic carbocycles. The summed E-state index contributed by atoms with van der Waals surface area (Å²) in [6, 6.07) is 5.48. The molecule has 0 radical (unpaired) electrons. The third kappa shape index (κ3) is 6.95. The zero-order valence-corrected chi connectivity index (χ0v) is 15.6. The number of benzene rings is 1. The van der Waals surface area contributed by atoms with Crippen molar-refractivity contribution in [3.63, 3.8) is 0 Å². The summed E-state index contributed by atoms with van der Waals surface area (Å²) >= 11 is 3.35. The second-order valence-corrected chi connectivity index (χ2v) is 6.09. The van der Waals surface area contributed by atoms with Crippen LogP contribution in [-0.2, 0) is 19.1 Å². The van der Waals surface area contributed by atoms with Gasteiger partial charge in [0.05, 0.1) is 6.54 Å². The number of amides is 2. The number of anilines is 1. The van der Waals surface area contributed by atoms with Gasteiger partial charge in [0.25, 0.3) is 5.91 Å². The van der Waals surface area contributed by atoms with Crippen LogP contribution in [0.4, 0.5) is 5.69 Å². The van der Waals surface area contributed by atoms with Gasteiger partial charge in [-0.1, -0.05) is 28.9 Å². The van der Waals surface area contributed by atoms with Crippen molar-refractivity contribution in [3.05, 3.63) is 40.4 Å². The predicted molar refractivity (Wildman–Crippen MR) is 95.5 cm³/mol. The van der Waals surface area contributed by atoms with Crippen LogP contribution in [0, 0.1) is 6.92 Å². The van der Waals surface area contributed by atoms with E-state index < -0.39 is 18.5 Å². The highest BCUT2D eigenvalue weighted by Gasteiger charge is 2.15. The molecule has 0 saturated heterocycles. The molecule has 0 atom stereocenters. The molecule has 7 heteroatoms. The quantitative estimate of drug-likeness (QED) is 0.567. The van der Waals surface area contributed by atoms with Crippen LogP contribution in [0.1, 0.15) is 18.9 Å². The summed E-state index contributed by atoms with van der Waals surface area (Å²) in [7, 11) is 1.48. The van der Waals surface area contributed by atoms with Crippen molar-refractivity contribution < 1.29 is 19.1 Å². The van der Waals surface area contributed by atoms with Gasteiger partial charge in [-0.15, -0.1) is 0 Å². The molecule has 2 amide bonds. The van der Waals surface area contributed by atoms with Crippen LogP contribution in [-0.4, -0.2) is 42.9 Å². The van der Waals surface area contributed by atoms with E-state index in [1.54, 1.807) is 12.1 Å². The maximum atomic E-state index is 12.0. The number of esters is 1. The monoisotopic (exact) mass is 396 g/mol. The summed E-state index contributed by atoms with van der Waals surface area (Å²) in [4.78, 5) is 36.4. The predicted octanol–water partition coefficient (Wildman–Crippen LogP) is 2.66. The van der Waals surface area contributed by atoms with Gasteiger partial charge in [0.15, 0.2) is 6.61 Å². The van der Waals surface area contributed by atoms with E-state index in [4.69, 9.17) is 4.74 Å². The first-order valence-corrected chi connectivity index (χ1v) is 8.26. The first kappa shape index (κ1) is 19.9. The highest BCUT2D eigenvalue weighted by Crippen LogP contribution is 2.19. The lowest BCUT2D eigenvalue weighted by molar-refractivity contribution is -0.148. The number of hydrogen-bond acceptors (Lipinski definition) is 4. The minimum atomic E-state index is -0.575. The molecule has 1 N–H and O–H groups in total. The highest BCUT2D eigenvalue weighted by atomic mass is 79.9. The maximum absolute atomic E-state index is 12.0. The van der Waals surface area contributed by atoms with Gasteiger partial charge < -0.3 is 15.0 Å². The number of aryl methyl sites for hydroxylation is 1. The number of carbonyl (C=O) groups is 3. The van der Waals surface area contributed by atoms with E-state index in [9.17, 15) is 14.4 Å². The number of carbonyl (C=O) groups excluding carboxylic acids is 3. The molecular formula is C17H21BrN2O4. The van der Waals surface area contributed by atoms with Crippen LogP contribution in [0.3, 0.4) is 0 Å². The summed E-state index contributed by atoms with van der Waals surface area (Å²) in [6.07, 6.45) is 3.62. The fraction of sp³-hybridized carbons (Fsp3) is 0.353. The van der Waals surface area contributed by atoms with E-state index in [0.29, 0.717) is 12.1 Å². The zero-order valence-electron chi connectivity index (χ0n) is 14.0. The van der Waals surface area contributed by atoms with E-state index in [0.717, 1.165) is 10.0 Å². The van der Waals surface area contributed by atoms with E-state index >= 15 is 0 Å². The standard InChI is InChI=1S/C17H21BrN2O4/c1-4-5-6-17(23)24-11-16(22)20(3)10-15(21)19-14-8-7-13(18)9-12(14)2/h5-9H,4,10-11H2,1-3H3,(H,19,21)/b6-5+. The van der Waals surface area contributed by atoms with E-state index in [2.05, 4.69) is 21.2 Å². The first-order valence-electron chi connectivity index (χ1n) is 7.46. The third-order valence-electron chi connectivity index (χ3n) is 3.10. The van der Waals surface area contributed by atoms with Crippen LogP contribution >= 0.6 is 15.9 Å². The number of ether oxygens (including phenoxy) is 1. The van der Waals surface area contributed by atoms with Crippen LogP contribution in [0.25, 0.3) is 0 Å². The molecule has 1 rings (SSSR count). The number of hydrogen-bond donors (Lipinski definition) is 1. The largest absolute Gasteiger partial charge is 0.452 e. The van der Waals surface area contributed by atoms with Crippen molar-refractivity contribution in [2.45, 2.75) is 20.3 Å². The van der Waals surface area contributed by atoms with Crippen LogP contribution in [0.5, 0.6) is 0 Å². The molecule has 0 heterocycles. The lowest BCUT2D eigenvalue weighted by atomic mass is 10.2. The van der Waals surface area contributed by atoms with Crippen molar-refractivity contribution in [2.24, 2.45) is 0 Å². The minimum Gasteiger partial charge on any atom is -0.452 e. The Morgan fingerprint density at radius 2 is 2.04 bits per heavy atom. The van der Waals surface area contributed by atoms with Crippen LogP contribution in [0.15, 0.2) is 34.8 Å². The summed E-state index contributed by atoms with van der Waals surface area (Å²) in [5.74, 6) is -1.35. The van der Waals surface area contributed by atoms with E-state index in [1.807, 2.05) is 26.0 Å².